The van der Waals surface area contributed by atoms with Crippen LogP contribution in [0.1, 0.15) is 17.0 Å². The Morgan fingerprint density at radius 2 is 1.79 bits per heavy atom. The van der Waals surface area contributed by atoms with E-state index in [0.717, 1.165) is 11.3 Å². The van der Waals surface area contributed by atoms with Gasteiger partial charge in [0.05, 0.1) is 11.4 Å². The largest absolute Gasteiger partial charge is 0.369 e. The van der Waals surface area contributed by atoms with E-state index in [1.54, 1.807) is 18.2 Å². The maximum Gasteiger partial charge on any atom is 0.246 e. The number of nitrogens with zero attached hydrogens (tertiary/aromatic N) is 3. The minimum atomic E-state index is -3.51. The number of hydrogen-bond acceptors (Lipinski definition) is 4. The van der Waals surface area contributed by atoms with E-state index in [-0.39, 0.29) is 0 Å². The van der Waals surface area contributed by atoms with E-state index in [0.29, 0.717) is 47.5 Å². The SMILES string of the molecule is Cc1cc(Cl)ccc1N1CCN(S(=O)(=O)c2c(C)n[nH]c2C)CC1. The van der Waals surface area contributed by atoms with Gasteiger partial charge in [0, 0.05) is 36.9 Å². The third-order valence-electron chi connectivity index (χ3n) is 4.40. The van der Waals surface area contributed by atoms with Gasteiger partial charge in [-0.1, -0.05) is 11.6 Å². The van der Waals surface area contributed by atoms with E-state index in [1.165, 1.54) is 0 Å². The van der Waals surface area contributed by atoms with Gasteiger partial charge in [-0.15, -0.1) is 0 Å². The zero-order valence-corrected chi connectivity index (χ0v) is 15.6. The van der Waals surface area contributed by atoms with Gasteiger partial charge in [0.25, 0.3) is 0 Å². The highest BCUT2D eigenvalue weighted by atomic mass is 35.5. The molecule has 6 nitrogen and oxygen atoms in total. The molecule has 1 fully saturated rings. The topological polar surface area (TPSA) is 69.3 Å². The first-order valence-corrected chi connectivity index (χ1v) is 9.65. The highest BCUT2D eigenvalue weighted by Gasteiger charge is 2.32. The predicted octanol–water partition coefficient (Wildman–Crippen LogP) is 2.50. The fourth-order valence-electron chi connectivity index (χ4n) is 3.19. The molecule has 1 aromatic heterocycles. The summed E-state index contributed by atoms with van der Waals surface area (Å²) in [7, 11) is -3.51. The normalized spacial score (nSPS) is 16.6. The van der Waals surface area contributed by atoms with Crippen LogP contribution in [0, 0.1) is 20.8 Å². The molecule has 2 heterocycles. The van der Waals surface area contributed by atoms with Crippen molar-refractivity contribution in [3.8, 4) is 0 Å². The number of anilines is 1. The number of benzene rings is 1. The second-order valence-electron chi connectivity index (χ2n) is 6.09. The Morgan fingerprint density at radius 1 is 1.12 bits per heavy atom. The molecule has 1 N–H and O–H groups in total. The van der Waals surface area contributed by atoms with Crippen molar-refractivity contribution in [3.05, 3.63) is 40.2 Å². The number of halogens is 1. The molecule has 2 aromatic rings. The second-order valence-corrected chi connectivity index (χ2v) is 8.40. The summed E-state index contributed by atoms with van der Waals surface area (Å²) in [4.78, 5) is 2.51. The molecular weight excluding hydrogens is 348 g/mol. The van der Waals surface area contributed by atoms with Crippen LogP contribution in [0.2, 0.25) is 5.02 Å². The smallest absolute Gasteiger partial charge is 0.246 e. The fraction of sp³-hybridized carbons (Fsp3) is 0.438. The summed E-state index contributed by atoms with van der Waals surface area (Å²) in [5.41, 5.74) is 3.31. The lowest BCUT2D eigenvalue weighted by molar-refractivity contribution is 0.384. The molecule has 0 atom stereocenters. The van der Waals surface area contributed by atoms with Crippen molar-refractivity contribution in [1.29, 1.82) is 0 Å². The molecular formula is C16H21ClN4O2S. The van der Waals surface area contributed by atoms with Crippen LogP contribution in [0.15, 0.2) is 23.1 Å². The van der Waals surface area contributed by atoms with Gasteiger partial charge in [0.2, 0.25) is 10.0 Å². The molecule has 0 spiro atoms. The molecule has 1 aromatic carbocycles. The Labute approximate surface area is 147 Å². The molecule has 8 heteroatoms. The number of H-pyrrole nitrogens is 1. The summed E-state index contributed by atoms with van der Waals surface area (Å²) in [6.07, 6.45) is 0. The minimum absolute atomic E-state index is 0.304. The monoisotopic (exact) mass is 368 g/mol. The van der Waals surface area contributed by atoms with Crippen LogP contribution >= 0.6 is 11.6 Å². The van der Waals surface area contributed by atoms with Crippen LogP contribution in [0.3, 0.4) is 0 Å². The third-order valence-corrected chi connectivity index (χ3v) is 6.79. The molecule has 0 radical (unpaired) electrons. The summed E-state index contributed by atoms with van der Waals surface area (Å²) in [5.74, 6) is 0. The van der Waals surface area contributed by atoms with Crippen LogP contribution < -0.4 is 4.90 Å². The van der Waals surface area contributed by atoms with Crippen molar-refractivity contribution in [1.82, 2.24) is 14.5 Å². The zero-order chi connectivity index (χ0) is 17.5. The lowest BCUT2D eigenvalue weighted by Gasteiger charge is -2.36. The number of rotatable bonds is 3. The zero-order valence-electron chi connectivity index (χ0n) is 14.0. The molecule has 1 aliphatic rings. The molecule has 0 unspecified atom stereocenters. The van der Waals surface area contributed by atoms with Crippen LogP contribution in [-0.4, -0.2) is 49.1 Å². The van der Waals surface area contributed by atoms with Crippen molar-refractivity contribution >= 4 is 27.3 Å². The molecule has 1 saturated heterocycles. The first kappa shape index (κ1) is 17.3. The molecule has 0 saturated carbocycles. The van der Waals surface area contributed by atoms with Gasteiger partial charge in [-0.05, 0) is 44.5 Å². The van der Waals surface area contributed by atoms with Crippen molar-refractivity contribution in [2.24, 2.45) is 0 Å². The van der Waals surface area contributed by atoms with Crippen LogP contribution in [-0.2, 0) is 10.0 Å². The van der Waals surface area contributed by atoms with Crippen molar-refractivity contribution in [2.75, 3.05) is 31.1 Å². The molecule has 24 heavy (non-hydrogen) atoms. The Hall–Kier alpha value is -1.57. The Balaban J connectivity index is 1.78. The maximum atomic E-state index is 12.9. The molecule has 3 rings (SSSR count). The number of aromatic nitrogens is 2. The van der Waals surface area contributed by atoms with Gasteiger partial charge < -0.3 is 4.90 Å². The van der Waals surface area contributed by atoms with Gasteiger partial charge >= 0.3 is 0 Å². The van der Waals surface area contributed by atoms with Crippen molar-refractivity contribution in [3.63, 3.8) is 0 Å². The summed E-state index contributed by atoms with van der Waals surface area (Å²) < 4.78 is 27.3. The number of aryl methyl sites for hydroxylation is 3. The van der Waals surface area contributed by atoms with Crippen LogP contribution in [0.25, 0.3) is 0 Å². The summed E-state index contributed by atoms with van der Waals surface area (Å²) in [6, 6.07) is 5.79. The van der Waals surface area contributed by atoms with Crippen molar-refractivity contribution in [2.45, 2.75) is 25.7 Å². The summed E-state index contributed by atoms with van der Waals surface area (Å²) in [6.45, 7) is 7.67. The van der Waals surface area contributed by atoms with E-state index in [2.05, 4.69) is 15.1 Å². The van der Waals surface area contributed by atoms with E-state index < -0.39 is 10.0 Å². The molecule has 0 bridgehead atoms. The first-order chi connectivity index (χ1) is 11.3. The highest BCUT2D eigenvalue weighted by Crippen LogP contribution is 2.27. The van der Waals surface area contributed by atoms with Gasteiger partial charge in [0.15, 0.2) is 0 Å². The van der Waals surface area contributed by atoms with Gasteiger partial charge in [0.1, 0.15) is 4.90 Å². The molecule has 130 valence electrons. The highest BCUT2D eigenvalue weighted by molar-refractivity contribution is 7.89. The summed E-state index contributed by atoms with van der Waals surface area (Å²) in [5, 5.41) is 7.47. The number of aromatic amines is 1. The van der Waals surface area contributed by atoms with Gasteiger partial charge in [-0.2, -0.15) is 9.40 Å². The third kappa shape index (κ3) is 3.03. The van der Waals surface area contributed by atoms with E-state index in [9.17, 15) is 8.42 Å². The minimum Gasteiger partial charge on any atom is -0.369 e. The van der Waals surface area contributed by atoms with E-state index in [4.69, 9.17) is 11.6 Å². The average molecular weight is 369 g/mol. The van der Waals surface area contributed by atoms with Gasteiger partial charge in [-0.25, -0.2) is 8.42 Å². The predicted molar refractivity (Wildman–Crippen MR) is 95.2 cm³/mol. The Morgan fingerprint density at radius 3 is 2.33 bits per heavy atom. The number of piperazine rings is 1. The second kappa shape index (κ2) is 6.38. The summed E-state index contributed by atoms with van der Waals surface area (Å²) >= 11 is 6.01. The van der Waals surface area contributed by atoms with Crippen molar-refractivity contribution < 1.29 is 8.42 Å². The molecule has 0 aliphatic carbocycles. The molecule has 1 aliphatic heterocycles. The average Bonchev–Trinajstić information content (AvgIpc) is 2.87. The maximum absolute atomic E-state index is 12.9. The van der Waals surface area contributed by atoms with Gasteiger partial charge in [-0.3, -0.25) is 5.10 Å². The van der Waals surface area contributed by atoms with E-state index >= 15 is 0 Å². The fourth-order valence-corrected chi connectivity index (χ4v) is 5.17. The molecule has 0 amide bonds. The standard InChI is InChI=1S/C16H21ClN4O2S/c1-11-10-14(17)4-5-15(11)20-6-8-21(9-7-20)24(22,23)16-12(2)18-19-13(16)3/h4-5,10H,6-9H2,1-3H3,(H,18,19). The Bertz CT molecular complexity index is 835. The van der Waals surface area contributed by atoms with E-state index in [1.807, 2.05) is 25.1 Å². The number of hydrogen-bond donors (Lipinski definition) is 1. The van der Waals surface area contributed by atoms with Crippen LogP contribution in [0.5, 0.6) is 0 Å². The number of nitrogens with one attached hydrogen (secondary N) is 1. The first-order valence-electron chi connectivity index (χ1n) is 7.83. The number of sulfonamides is 1. The quantitative estimate of drug-likeness (QED) is 0.903. The lowest BCUT2D eigenvalue weighted by Crippen LogP contribution is -2.49. The lowest BCUT2D eigenvalue weighted by atomic mass is 10.1. The Kier molecular flexibility index (Phi) is 4.59. The van der Waals surface area contributed by atoms with Crippen LogP contribution in [0.4, 0.5) is 5.69 Å².